The lowest BCUT2D eigenvalue weighted by Crippen LogP contribution is -2.50. The fourth-order valence-electron chi connectivity index (χ4n) is 3.26. The fourth-order valence-corrected chi connectivity index (χ4v) is 3.26. The highest BCUT2D eigenvalue weighted by Gasteiger charge is 2.34. The predicted octanol–water partition coefficient (Wildman–Crippen LogP) is 0.848. The number of carbonyl (C=O) groups excluding carboxylic acids is 3. The number of imide groups is 1. The van der Waals surface area contributed by atoms with Crippen molar-refractivity contribution in [3.8, 4) is 0 Å². The molecule has 2 heterocycles. The summed E-state index contributed by atoms with van der Waals surface area (Å²) in [4.78, 5) is 38.9. The van der Waals surface area contributed by atoms with Gasteiger partial charge in [-0.3, -0.25) is 14.9 Å². The smallest absolute Gasteiger partial charge is 0.322 e. The Balaban J connectivity index is 1.53. The van der Waals surface area contributed by atoms with Gasteiger partial charge in [0.2, 0.25) is 5.91 Å². The summed E-state index contributed by atoms with van der Waals surface area (Å²) in [5.74, 6) is -2.72. The van der Waals surface area contributed by atoms with Crippen molar-refractivity contribution < 1.29 is 23.2 Å². The van der Waals surface area contributed by atoms with E-state index in [9.17, 15) is 23.2 Å². The van der Waals surface area contributed by atoms with E-state index < -0.39 is 35.5 Å². The number of benzene rings is 1. The zero-order valence-electron chi connectivity index (χ0n) is 14.3. The van der Waals surface area contributed by atoms with Crippen LogP contribution in [0, 0.1) is 17.6 Å². The van der Waals surface area contributed by atoms with Crippen LogP contribution >= 0.6 is 0 Å². The minimum atomic E-state index is -0.897. The van der Waals surface area contributed by atoms with Gasteiger partial charge in [0.1, 0.15) is 6.04 Å². The van der Waals surface area contributed by atoms with Gasteiger partial charge in [0.25, 0.3) is 5.91 Å². The van der Waals surface area contributed by atoms with Crippen molar-refractivity contribution in [3.05, 3.63) is 29.8 Å². The van der Waals surface area contributed by atoms with Gasteiger partial charge in [-0.05, 0) is 18.6 Å². The summed E-state index contributed by atoms with van der Waals surface area (Å²) in [7, 11) is 0. The van der Waals surface area contributed by atoms with E-state index in [0.29, 0.717) is 31.9 Å². The second-order valence-electron chi connectivity index (χ2n) is 6.56. The Morgan fingerprint density at radius 3 is 2.46 bits per heavy atom. The molecule has 2 N–H and O–H groups in total. The maximum atomic E-state index is 13.4. The maximum Gasteiger partial charge on any atom is 0.322 e. The lowest BCUT2D eigenvalue weighted by atomic mass is 10.00. The number of hydrogen-bond donors (Lipinski definition) is 2. The van der Waals surface area contributed by atoms with Crippen molar-refractivity contribution in [3.63, 3.8) is 0 Å². The molecule has 0 aromatic heterocycles. The molecule has 0 saturated carbocycles. The second-order valence-corrected chi connectivity index (χ2v) is 6.56. The van der Waals surface area contributed by atoms with Gasteiger partial charge >= 0.3 is 6.03 Å². The molecule has 4 amide bonds. The molecule has 2 fully saturated rings. The zero-order valence-corrected chi connectivity index (χ0v) is 14.3. The summed E-state index contributed by atoms with van der Waals surface area (Å²) in [6.45, 7) is 3.63. The third-order valence-corrected chi connectivity index (χ3v) is 4.73. The third kappa shape index (κ3) is 3.76. The topological polar surface area (TPSA) is 81.8 Å². The fraction of sp³-hybridized carbons (Fsp3) is 0.471. The van der Waals surface area contributed by atoms with E-state index in [-0.39, 0.29) is 12.3 Å². The first-order valence-electron chi connectivity index (χ1n) is 8.45. The molecule has 2 atom stereocenters. The van der Waals surface area contributed by atoms with Crippen LogP contribution in [-0.2, 0) is 9.59 Å². The monoisotopic (exact) mass is 366 g/mol. The minimum absolute atomic E-state index is 0.0936. The molecule has 26 heavy (non-hydrogen) atoms. The van der Waals surface area contributed by atoms with Gasteiger partial charge in [-0.2, -0.15) is 0 Å². The molecule has 0 bridgehead atoms. The molecule has 7 nitrogen and oxygen atoms in total. The van der Waals surface area contributed by atoms with E-state index >= 15 is 0 Å². The Labute approximate surface area is 149 Å². The van der Waals surface area contributed by atoms with Crippen LogP contribution in [0.1, 0.15) is 13.3 Å². The van der Waals surface area contributed by atoms with Crippen LogP contribution in [0.25, 0.3) is 0 Å². The van der Waals surface area contributed by atoms with E-state index in [1.807, 2.05) is 4.90 Å². The molecule has 2 aliphatic rings. The van der Waals surface area contributed by atoms with Gasteiger partial charge in [-0.1, -0.05) is 6.92 Å². The van der Waals surface area contributed by atoms with Crippen LogP contribution in [0.2, 0.25) is 0 Å². The summed E-state index contributed by atoms with van der Waals surface area (Å²) in [6.07, 6.45) is 0.236. The number of nitrogens with one attached hydrogen (secondary N) is 2. The molecule has 1 aromatic rings. The van der Waals surface area contributed by atoms with E-state index in [1.165, 1.54) is 6.07 Å². The van der Waals surface area contributed by atoms with Gasteiger partial charge in [0, 0.05) is 43.9 Å². The summed E-state index contributed by atoms with van der Waals surface area (Å²) in [5, 5.41) is 4.63. The standard InChI is InChI=1S/C17H20F2N4O3/c1-10(8-14-15(24)21-17(26)20-14)16(25)23-6-4-22(5-7-23)11-2-3-12(18)13(19)9-11/h2-3,9-10,14H,4-8H2,1H3,(H2,20,21,24,26)/t10?,14-/m1/s1. The van der Waals surface area contributed by atoms with Crippen molar-refractivity contribution in [2.24, 2.45) is 5.92 Å². The van der Waals surface area contributed by atoms with Gasteiger partial charge in [0.05, 0.1) is 0 Å². The highest BCUT2D eigenvalue weighted by atomic mass is 19.2. The van der Waals surface area contributed by atoms with E-state index in [4.69, 9.17) is 0 Å². The van der Waals surface area contributed by atoms with Crippen LogP contribution in [0.15, 0.2) is 18.2 Å². The first kappa shape index (κ1) is 18.1. The van der Waals surface area contributed by atoms with Crippen molar-refractivity contribution in [1.29, 1.82) is 0 Å². The molecular formula is C17H20F2N4O3. The molecule has 0 radical (unpaired) electrons. The Morgan fingerprint density at radius 1 is 1.19 bits per heavy atom. The highest BCUT2D eigenvalue weighted by Crippen LogP contribution is 2.21. The molecule has 3 rings (SSSR count). The van der Waals surface area contributed by atoms with Crippen LogP contribution in [0.5, 0.6) is 0 Å². The molecule has 2 aliphatic heterocycles. The Hall–Kier alpha value is -2.71. The largest absolute Gasteiger partial charge is 0.368 e. The molecule has 0 aliphatic carbocycles. The number of anilines is 1. The summed E-state index contributed by atoms with van der Waals surface area (Å²) in [5.41, 5.74) is 0.578. The molecule has 0 spiro atoms. The molecular weight excluding hydrogens is 346 g/mol. The Kier molecular flexibility index (Phi) is 5.06. The average Bonchev–Trinajstić information content (AvgIpc) is 2.94. The molecule has 1 unspecified atom stereocenters. The maximum absolute atomic E-state index is 13.4. The predicted molar refractivity (Wildman–Crippen MR) is 89.4 cm³/mol. The summed E-state index contributed by atoms with van der Waals surface area (Å²) in [6, 6.07) is 2.52. The van der Waals surface area contributed by atoms with E-state index in [2.05, 4.69) is 10.6 Å². The first-order chi connectivity index (χ1) is 12.3. The number of amides is 4. The van der Waals surface area contributed by atoms with Gasteiger partial charge in [-0.25, -0.2) is 13.6 Å². The normalized spacial score (nSPS) is 21.4. The molecule has 2 saturated heterocycles. The van der Waals surface area contributed by atoms with Crippen molar-refractivity contribution in [2.75, 3.05) is 31.1 Å². The van der Waals surface area contributed by atoms with Crippen LogP contribution in [0.3, 0.4) is 0 Å². The number of hydrogen-bond acceptors (Lipinski definition) is 4. The number of carbonyl (C=O) groups is 3. The third-order valence-electron chi connectivity index (χ3n) is 4.73. The van der Waals surface area contributed by atoms with Crippen molar-refractivity contribution >= 4 is 23.5 Å². The number of halogens is 2. The number of rotatable bonds is 4. The molecule has 1 aromatic carbocycles. The lowest BCUT2D eigenvalue weighted by molar-refractivity contribution is -0.135. The van der Waals surface area contributed by atoms with Crippen LogP contribution < -0.4 is 15.5 Å². The van der Waals surface area contributed by atoms with E-state index in [1.54, 1.807) is 11.8 Å². The number of urea groups is 1. The zero-order chi connectivity index (χ0) is 18.8. The first-order valence-corrected chi connectivity index (χ1v) is 8.45. The Morgan fingerprint density at radius 2 is 1.88 bits per heavy atom. The quantitative estimate of drug-likeness (QED) is 0.774. The van der Waals surface area contributed by atoms with Gasteiger partial charge in [0.15, 0.2) is 11.6 Å². The number of nitrogens with zero attached hydrogens (tertiary/aromatic N) is 2. The lowest BCUT2D eigenvalue weighted by Gasteiger charge is -2.37. The summed E-state index contributed by atoms with van der Waals surface area (Å²) >= 11 is 0. The average molecular weight is 366 g/mol. The second kappa shape index (κ2) is 7.27. The SMILES string of the molecule is CC(C[C@H]1NC(=O)NC1=O)C(=O)N1CCN(c2ccc(F)c(F)c2)CC1. The molecule has 140 valence electrons. The van der Waals surface area contributed by atoms with Gasteiger partial charge < -0.3 is 15.1 Å². The highest BCUT2D eigenvalue weighted by molar-refractivity contribution is 6.04. The van der Waals surface area contributed by atoms with E-state index in [0.717, 1.165) is 12.1 Å². The molecule has 9 heteroatoms. The summed E-state index contributed by atoms with van der Waals surface area (Å²) < 4.78 is 26.4. The van der Waals surface area contributed by atoms with Crippen molar-refractivity contribution in [2.45, 2.75) is 19.4 Å². The number of piperazine rings is 1. The van der Waals surface area contributed by atoms with Crippen LogP contribution in [-0.4, -0.2) is 55.0 Å². The van der Waals surface area contributed by atoms with Gasteiger partial charge in [-0.15, -0.1) is 0 Å². The van der Waals surface area contributed by atoms with Crippen LogP contribution in [0.4, 0.5) is 19.3 Å². The minimum Gasteiger partial charge on any atom is -0.368 e. The van der Waals surface area contributed by atoms with Crippen molar-refractivity contribution in [1.82, 2.24) is 15.5 Å². The Bertz CT molecular complexity index is 735.